The summed E-state index contributed by atoms with van der Waals surface area (Å²) in [5.74, 6) is -0.0680. The monoisotopic (exact) mass is 578 g/mol. The lowest BCUT2D eigenvalue weighted by atomic mass is 9.68. The SMILES string of the molecule is C=CCOC(=O)N1CC[N+](C(=O)O)(C2CN(C(=O)O[C@@H]3CC[C@]4(CO4)[C@@H]([C@@]4(C)O[C@@H]4CC=C(C)C)[C@@H]3OC)C2)CC1. The van der Waals surface area contributed by atoms with Crippen molar-refractivity contribution < 1.29 is 47.7 Å². The van der Waals surface area contributed by atoms with E-state index in [0.717, 1.165) is 12.8 Å². The average Bonchev–Trinajstić information content (AvgIpc) is 3.83. The Hall–Kier alpha value is -2.67. The molecule has 4 aliphatic heterocycles. The molecule has 0 aromatic carbocycles. The molecule has 228 valence electrons. The lowest BCUT2D eigenvalue weighted by Crippen LogP contribution is -2.75. The number of piperazine rings is 1. The number of hydrogen-bond donors (Lipinski definition) is 1. The Labute approximate surface area is 241 Å². The fourth-order valence-corrected chi connectivity index (χ4v) is 7.13. The number of rotatable bonds is 8. The predicted molar refractivity (Wildman–Crippen MR) is 146 cm³/mol. The highest BCUT2D eigenvalue weighted by Crippen LogP contribution is 2.59. The quantitative estimate of drug-likeness (QED) is 0.262. The van der Waals surface area contributed by atoms with Crippen LogP contribution in [0.15, 0.2) is 24.3 Å². The van der Waals surface area contributed by atoms with E-state index in [2.05, 4.69) is 33.4 Å². The van der Waals surface area contributed by atoms with Crippen molar-refractivity contribution in [3.05, 3.63) is 24.3 Å². The third-order valence-electron chi connectivity index (χ3n) is 9.81. The summed E-state index contributed by atoms with van der Waals surface area (Å²) in [6.45, 7) is 12.1. The van der Waals surface area contributed by atoms with Crippen LogP contribution in [0, 0.1) is 5.92 Å². The van der Waals surface area contributed by atoms with Crippen molar-refractivity contribution in [2.24, 2.45) is 5.92 Å². The number of ether oxygens (including phenoxy) is 5. The summed E-state index contributed by atoms with van der Waals surface area (Å²) >= 11 is 0. The summed E-state index contributed by atoms with van der Waals surface area (Å²) in [4.78, 5) is 40.9. The summed E-state index contributed by atoms with van der Waals surface area (Å²) in [6.07, 6.45) is 3.22. The Bertz CT molecular complexity index is 1070. The molecule has 1 saturated carbocycles. The fourth-order valence-electron chi connectivity index (χ4n) is 7.13. The zero-order chi connectivity index (χ0) is 29.6. The van der Waals surface area contributed by atoms with Gasteiger partial charge in [-0.15, -0.1) is 0 Å². The molecule has 4 saturated heterocycles. The first-order chi connectivity index (χ1) is 19.5. The predicted octanol–water partition coefficient (Wildman–Crippen LogP) is 3.02. The molecule has 4 heterocycles. The largest absolute Gasteiger partial charge is 0.514 e. The van der Waals surface area contributed by atoms with Crippen LogP contribution in [0.2, 0.25) is 0 Å². The first-order valence-electron chi connectivity index (χ1n) is 14.6. The van der Waals surface area contributed by atoms with Crippen molar-refractivity contribution in [2.45, 2.75) is 75.6 Å². The third-order valence-corrected chi connectivity index (χ3v) is 9.81. The molecule has 1 N–H and O–H groups in total. The van der Waals surface area contributed by atoms with Crippen molar-refractivity contribution in [2.75, 3.05) is 59.6 Å². The average molecular weight is 579 g/mol. The molecule has 1 aliphatic carbocycles. The Morgan fingerprint density at radius 1 is 1.15 bits per heavy atom. The number of nitrogens with zero attached hydrogens (tertiary/aromatic N) is 3. The molecular formula is C29H44N3O9+. The van der Waals surface area contributed by atoms with E-state index in [1.807, 2.05) is 0 Å². The number of likely N-dealkylation sites (tertiary alicyclic amines) is 1. The molecule has 5 fully saturated rings. The van der Waals surface area contributed by atoms with Crippen LogP contribution in [-0.4, -0.2) is 133 Å². The number of carbonyl (C=O) groups excluding carboxylic acids is 2. The van der Waals surface area contributed by atoms with Gasteiger partial charge in [0, 0.05) is 7.11 Å². The first kappa shape index (κ1) is 29.8. The van der Waals surface area contributed by atoms with E-state index >= 15 is 0 Å². The van der Waals surface area contributed by atoms with Crippen LogP contribution in [0.4, 0.5) is 14.4 Å². The van der Waals surface area contributed by atoms with Gasteiger partial charge in [-0.1, -0.05) is 24.3 Å². The number of carboxylic acid groups (broad SMARTS) is 1. The normalized spacial score (nSPS) is 35.7. The zero-order valence-corrected chi connectivity index (χ0v) is 24.6. The molecule has 3 amide bonds. The molecule has 12 heteroatoms. The minimum absolute atomic E-state index is 0.0620. The number of allylic oxidation sites excluding steroid dienone is 1. The topological polar surface area (TPSA) is 131 Å². The zero-order valence-electron chi connectivity index (χ0n) is 24.6. The van der Waals surface area contributed by atoms with Gasteiger partial charge in [-0.05, 0) is 40.0 Å². The van der Waals surface area contributed by atoms with Gasteiger partial charge in [0.05, 0.1) is 44.8 Å². The van der Waals surface area contributed by atoms with Crippen molar-refractivity contribution in [1.29, 1.82) is 0 Å². The molecule has 0 unspecified atom stereocenters. The molecule has 0 aromatic heterocycles. The number of carbonyl (C=O) groups is 3. The minimum atomic E-state index is -0.952. The van der Waals surface area contributed by atoms with Crippen molar-refractivity contribution >= 4 is 18.3 Å². The molecule has 0 bridgehead atoms. The molecule has 5 rings (SSSR count). The van der Waals surface area contributed by atoms with Crippen LogP contribution in [0.5, 0.6) is 0 Å². The molecule has 0 aromatic rings. The van der Waals surface area contributed by atoms with Crippen LogP contribution in [0.25, 0.3) is 0 Å². The maximum Gasteiger partial charge on any atom is 0.514 e. The molecule has 0 radical (unpaired) electrons. The van der Waals surface area contributed by atoms with Crippen molar-refractivity contribution in [3.8, 4) is 0 Å². The Morgan fingerprint density at radius 3 is 2.39 bits per heavy atom. The van der Waals surface area contributed by atoms with E-state index in [1.165, 1.54) is 16.5 Å². The second-order valence-corrected chi connectivity index (χ2v) is 12.5. The maximum atomic E-state index is 13.2. The molecular weight excluding hydrogens is 534 g/mol. The van der Waals surface area contributed by atoms with Crippen LogP contribution in [-0.2, 0) is 23.7 Å². The summed E-state index contributed by atoms with van der Waals surface area (Å²) < 4.78 is 29.1. The highest BCUT2D eigenvalue weighted by atomic mass is 16.6. The number of methoxy groups -OCH3 is 1. The Morgan fingerprint density at radius 2 is 1.83 bits per heavy atom. The van der Waals surface area contributed by atoms with Gasteiger partial charge in [-0.2, -0.15) is 4.79 Å². The van der Waals surface area contributed by atoms with Gasteiger partial charge in [0.15, 0.2) is 0 Å². The van der Waals surface area contributed by atoms with E-state index in [-0.39, 0.29) is 80.1 Å². The van der Waals surface area contributed by atoms with E-state index in [9.17, 15) is 19.5 Å². The maximum absolute atomic E-state index is 13.2. The lowest BCUT2D eigenvalue weighted by Gasteiger charge is -2.51. The second-order valence-electron chi connectivity index (χ2n) is 12.5. The summed E-state index contributed by atoms with van der Waals surface area (Å²) in [5, 5.41) is 10.1. The van der Waals surface area contributed by atoms with Crippen LogP contribution < -0.4 is 0 Å². The Balaban J connectivity index is 1.18. The fraction of sp³-hybridized carbons (Fsp3) is 0.759. The van der Waals surface area contributed by atoms with Crippen LogP contribution in [0.1, 0.15) is 40.0 Å². The molecule has 5 aliphatic rings. The Kier molecular flexibility index (Phi) is 8.14. The first-order valence-corrected chi connectivity index (χ1v) is 14.6. The third kappa shape index (κ3) is 5.47. The van der Waals surface area contributed by atoms with Crippen LogP contribution in [0.3, 0.4) is 0 Å². The van der Waals surface area contributed by atoms with Gasteiger partial charge >= 0.3 is 18.3 Å². The lowest BCUT2D eigenvalue weighted by molar-refractivity contribution is -0.891. The molecule has 41 heavy (non-hydrogen) atoms. The van der Waals surface area contributed by atoms with Crippen molar-refractivity contribution in [3.63, 3.8) is 0 Å². The molecule has 1 spiro atoms. The van der Waals surface area contributed by atoms with Gasteiger partial charge in [0.25, 0.3) is 0 Å². The summed E-state index contributed by atoms with van der Waals surface area (Å²) in [7, 11) is 1.64. The van der Waals surface area contributed by atoms with E-state index < -0.39 is 30.0 Å². The number of quaternary nitrogens is 1. The molecule has 12 nitrogen and oxygen atoms in total. The highest BCUT2D eigenvalue weighted by Gasteiger charge is 2.72. The molecule has 6 atom stereocenters. The number of epoxide rings is 2. The van der Waals surface area contributed by atoms with E-state index in [4.69, 9.17) is 23.7 Å². The number of hydrogen-bond acceptors (Lipinski definition) is 8. The highest BCUT2D eigenvalue weighted by molar-refractivity contribution is 5.70. The van der Waals surface area contributed by atoms with E-state index in [0.29, 0.717) is 13.0 Å². The van der Waals surface area contributed by atoms with Gasteiger partial charge < -0.3 is 28.8 Å². The smallest absolute Gasteiger partial charge is 0.445 e. The van der Waals surface area contributed by atoms with Gasteiger partial charge in [-0.25, -0.2) is 14.1 Å². The van der Waals surface area contributed by atoms with Gasteiger partial charge in [0.1, 0.15) is 49.1 Å². The minimum Gasteiger partial charge on any atom is -0.445 e. The summed E-state index contributed by atoms with van der Waals surface area (Å²) in [6, 6.07) is -0.276. The van der Waals surface area contributed by atoms with Crippen LogP contribution >= 0.6 is 0 Å². The second kappa shape index (κ2) is 11.2. The standard InChI is InChI=1S/C29H43N3O9/c1-6-15-38-25(33)30-11-13-32(14-12-30,27(35)36)20-16-31(17-20)26(34)40-21-9-10-29(18-39-29)24(23(21)37-5)28(4)22(41-28)8-7-19(2)3/h6-7,20-24H,1,8-18H2,2-5H3/p+1/t21-,22-,23-,24-,28+,29+/m1/s1. The summed E-state index contributed by atoms with van der Waals surface area (Å²) in [5.41, 5.74) is 0.513. The van der Waals surface area contributed by atoms with Gasteiger partial charge in [-0.3, -0.25) is 9.80 Å². The van der Waals surface area contributed by atoms with Gasteiger partial charge in [0.2, 0.25) is 0 Å². The van der Waals surface area contributed by atoms with E-state index in [1.54, 1.807) is 12.0 Å². The van der Waals surface area contributed by atoms with Crippen molar-refractivity contribution in [1.82, 2.24) is 9.80 Å². The number of amides is 3.